The van der Waals surface area contributed by atoms with Crippen molar-refractivity contribution in [3.05, 3.63) is 34.1 Å². The molecule has 2 unspecified atom stereocenters. The van der Waals surface area contributed by atoms with Gasteiger partial charge < -0.3 is 10.2 Å². The molecule has 1 heterocycles. The van der Waals surface area contributed by atoms with E-state index in [1.807, 2.05) is 13.0 Å². The quantitative estimate of drug-likeness (QED) is 0.886. The van der Waals surface area contributed by atoms with Gasteiger partial charge in [-0.1, -0.05) is 15.9 Å². The van der Waals surface area contributed by atoms with Crippen molar-refractivity contribution in [3.8, 4) is 0 Å². The predicted molar refractivity (Wildman–Crippen MR) is 80.8 cm³/mol. The zero-order valence-electron chi connectivity index (χ0n) is 11.6. The number of likely N-dealkylation sites (tertiary alicyclic amines) is 1. The van der Waals surface area contributed by atoms with Gasteiger partial charge in [0.15, 0.2) is 0 Å². The molecule has 0 saturated carbocycles. The molecule has 0 amide bonds. The van der Waals surface area contributed by atoms with Gasteiger partial charge in [-0.3, -0.25) is 0 Å². The smallest absolute Gasteiger partial charge is 0.128 e. The summed E-state index contributed by atoms with van der Waals surface area (Å²) in [7, 11) is 0. The van der Waals surface area contributed by atoms with E-state index in [9.17, 15) is 4.39 Å². The van der Waals surface area contributed by atoms with E-state index in [1.165, 1.54) is 32.0 Å². The first-order chi connectivity index (χ1) is 9.06. The highest BCUT2D eigenvalue weighted by atomic mass is 79.9. The molecular weight excluding hydrogens is 307 g/mol. The highest BCUT2D eigenvalue weighted by Crippen LogP contribution is 2.22. The molecule has 0 bridgehead atoms. The van der Waals surface area contributed by atoms with Gasteiger partial charge in [0, 0.05) is 28.7 Å². The number of benzene rings is 1. The molecule has 0 aromatic heterocycles. The summed E-state index contributed by atoms with van der Waals surface area (Å²) in [6, 6.07) is 5.50. The third-order valence-electron chi connectivity index (χ3n) is 3.69. The molecule has 1 aromatic rings. The Kier molecular flexibility index (Phi) is 5.37. The van der Waals surface area contributed by atoms with E-state index in [4.69, 9.17) is 0 Å². The topological polar surface area (TPSA) is 15.3 Å². The molecule has 0 radical (unpaired) electrons. The Hall–Kier alpha value is -0.450. The zero-order valence-corrected chi connectivity index (χ0v) is 13.2. The SMILES string of the molecule is CC(CN1CCCC1)NC(C)c1cc(Br)ccc1F. The standard InChI is InChI=1S/C15H22BrFN2/c1-11(10-19-7-3-4-8-19)18-12(2)14-9-13(16)5-6-15(14)17/h5-6,9,11-12,18H,3-4,7-8,10H2,1-2H3. The van der Waals surface area contributed by atoms with Gasteiger partial charge in [-0.25, -0.2) is 4.39 Å². The highest BCUT2D eigenvalue weighted by Gasteiger charge is 2.17. The summed E-state index contributed by atoms with van der Waals surface area (Å²) in [5, 5.41) is 3.49. The number of nitrogens with one attached hydrogen (secondary N) is 1. The normalized spacial score (nSPS) is 19.6. The maximum atomic E-state index is 13.8. The summed E-state index contributed by atoms with van der Waals surface area (Å²) in [4.78, 5) is 2.47. The van der Waals surface area contributed by atoms with Crippen molar-refractivity contribution in [2.45, 2.75) is 38.8 Å². The Morgan fingerprint density at radius 2 is 2.00 bits per heavy atom. The number of hydrogen-bond acceptors (Lipinski definition) is 2. The average Bonchev–Trinajstić information content (AvgIpc) is 2.84. The van der Waals surface area contributed by atoms with Crippen LogP contribution in [0.15, 0.2) is 22.7 Å². The van der Waals surface area contributed by atoms with Gasteiger partial charge in [-0.05, 0) is 58.0 Å². The molecule has 2 rings (SSSR count). The Bertz CT molecular complexity index is 419. The van der Waals surface area contributed by atoms with Gasteiger partial charge in [0.1, 0.15) is 5.82 Å². The number of rotatable bonds is 5. The second-order valence-corrected chi connectivity index (χ2v) is 6.38. The second-order valence-electron chi connectivity index (χ2n) is 5.46. The lowest BCUT2D eigenvalue weighted by atomic mass is 10.1. The van der Waals surface area contributed by atoms with E-state index in [0.29, 0.717) is 6.04 Å². The van der Waals surface area contributed by atoms with E-state index >= 15 is 0 Å². The molecule has 1 aliphatic heterocycles. The van der Waals surface area contributed by atoms with Crippen LogP contribution < -0.4 is 5.32 Å². The molecule has 1 aromatic carbocycles. The van der Waals surface area contributed by atoms with Gasteiger partial charge >= 0.3 is 0 Å². The maximum Gasteiger partial charge on any atom is 0.128 e. The molecule has 0 spiro atoms. The van der Waals surface area contributed by atoms with Crippen LogP contribution in [0.2, 0.25) is 0 Å². The Balaban J connectivity index is 1.91. The van der Waals surface area contributed by atoms with E-state index in [0.717, 1.165) is 16.6 Å². The molecule has 4 heteroatoms. The third-order valence-corrected chi connectivity index (χ3v) is 4.18. The lowest BCUT2D eigenvalue weighted by Crippen LogP contribution is -2.39. The molecule has 0 aliphatic carbocycles. The van der Waals surface area contributed by atoms with E-state index in [1.54, 1.807) is 6.07 Å². The fraction of sp³-hybridized carbons (Fsp3) is 0.600. The van der Waals surface area contributed by atoms with Crippen LogP contribution in [-0.2, 0) is 0 Å². The van der Waals surface area contributed by atoms with Crippen molar-refractivity contribution in [3.63, 3.8) is 0 Å². The van der Waals surface area contributed by atoms with Crippen LogP contribution in [0.25, 0.3) is 0 Å². The summed E-state index contributed by atoms with van der Waals surface area (Å²) in [6.07, 6.45) is 2.62. The lowest BCUT2D eigenvalue weighted by molar-refractivity contribution is 0.288. The largest absolute Gasteiger partial charge is 0.306 e. The first-order valence-corrected chi connectivity index (χ1v) is 7.79. The van der Waals surface area contributed by atoms with Crippen LogP contribution in [0.3, 0.4) is 0 Å². The van der Waals surface area contributed by atoms with Crippen molar-refractivity contribution in [1.82, 2.24) is 10.2 Å². The fourth-order valence-corrected chi connectivity index (χ4v) is 3.15. The summed E-state index contributed by atoms with van der Waals surface area (Å²) < 4.78 is 14.7. The first kappa shape index (κ1) is 14.9. The van der Waals surface area contributed by atoms with E-state index in [-0.39, 0.29) is 11.9 Å². The summed E-state index contributed by atoms with van der Waals surface area (Å²) in [5.74, 6) is -0.142. The van der Waals surface area contributed by atoms with Crippen LogP contribution in [-0.4, -0.2) is 30.6 Å². The van der Waals surface area contributed by atoms with E-state index in [2.05, 4.69) is 33.1 Å². The van der Waals surface area contributed by atoms with Crippen molar-refractivity contribution in [2.24, 2.45) is 0 Å². The van der Waals surface area contributed by atoms with Gasteiger partial charge in [-0.2, -0.15) is 0 Å². The van der Waals surface area contributed by atoms with Crippen LogP contribution in [0.4, 0.5) is 4.39 Å². The van der Waals surface area contributed by atoms with Crippen LogP contribution in [0.1, 0.15) is 38.3 Å². The molecular formula is C15H22BrFN2. The summed E-state index contributed by atoms with van der Waals surface area (Å²) in [5.41, 5.74) is 0.725. The molecule has 19 heavy (non-hydrogen) atoms. The molecule has 106 valence electrons. The highest BCUT2D eigenvalue weighted by molar-refractivity contribution is 9.10. The molecule has 1 fully saturated rings. The van der Waals surface area contributed by atoms with Crippen LogP contribution in [0, 0.1) is 5.82 Å². The Labute approximate surface area is 123 Å². The number of halogens is 2. The third kappa shape index (κ3) is 4.26. The van der Waals surface area contributed by atoms with Crippen molar-refractivity contribution in [1.29, 1.82) is 0 Å². The van der Waals surface area contributed by atoms with Crippen molar-refractivity contribution >= 4 is 15.9 Å². The summed E-state index contributed by atoms with van der Waals surface area (Å²) >= 11 is 3.40. The lowest BCUT2D eigenvalue weighted by Gasteiger charge is -2.25. The second kappa shape index (κ2) is 6.82. The van der Waals surface area contributed by atoms with Gasteiger partial charge in [-0.15, -0.1) is 0 Å². The minimum Gasteiger partial charge on any atom is -0.306 e. The minimum absolute atomic E-state index is 0.0232. The molecule has 1 N–H and O–H groups in total. The fourth-order valence-electron chi connectivity index (χ4n) is 2.77. The molecule has 2 atom stereocenters. The minimum atomic E-state index is -0.142. The molecule has 1 saturated heterocycles. The van der Waals surface area contributed by atoms with Crippen molar-refractivity contribution in [2.75, 3.05) is 19.6 Å². The Morgan fingerprint density at radius 3 is 2.68 bits per heavy atom. The van der Waals surface area contributed by atoms with Gasteiger partial charge in [0.2, 0.25) is 0 Å². The Morgan fingerprint density at radius 1 is 1.32 bits per heavy atom. The van der Waals surface area contributed by atoms with E-state index < -0.39 is 0 Å². The first-order valence-electron chi connectivity index (χ1n) is 6.99. The van der Waals surface area contributed by atoms with Crippen LogP contribution >= 0.6 is 15.9 Å². The zero-order chi connectivity index (χ0) is 13.8. The predicted octanol–water partition coefficient (Wildman–Crippen LogP) is 3.72. The number of nitrogens with zero attached hydrogens (tertiary/aromatic N) is 1. The summed E-state index contributed by atoms with van der Waals surface area (Å²) in [6.45, 7) is 7.63. The van der Waals surface area contributed by atoms with Crippen molar-refractivity contribution < 1.29 is 4.39 Å². The van der Waals surface area contributed by atoms with Gasteiger partial charge in [0.25, 0.3) is 0 Å². The van der Waals surface area contributed by atoms with Crippen LogP contribution in [0.5, 0.6) is 0 Å². The van der Waals surface area contributed by atoms with Gasteiger partial charge in [0.05, 0.1) is 0 Å². The average molecular weight is 329 g/mol. The molecule has 1 aliphatic rings. The number of hydrogen-bond donors (Lipinski definition) is 1. The molecule has 2 nitrogen and oxygen atoms in total. The monoisotopic (exact) mass is 328 g/mol. The maximum absolute atomic E-state index is 13.8.